The zero-order valence-electron chi connectivity index (χ0n) is 10.8. The van der Waals surface area contributed by atoms with Gasteiger partial charge >= 0.3 is 0 Å². The summed E-state index contributed by atoms with van der Waals surface area (Å²) < 4.78 is 4.12. The van der Waals surface area contributed by atoms with Crippen molar-refractivity contribution >= 4 is 24.0 Å². The number of thioether (sulfide) groups is 1. The quantitative estimate of drug-likeness (QED) is 0.788. The third kappa shape index (κ3) is 3.54. The molecule has 0 radical (unpaired) electrons. The first-order chi connectivity index (χ1) is 8.01. The van der Waals surface area contributed by atoms with Crippen molar-refractivity contribution in [1.29, 1.82) is 0 Å². The summed E-state index contributed by atoms with van der Waals surface area (Å²) in [7, 11) is 3.87. The van der Waals surface area contributed by atoms with Gasteiger partial charge in [-0.25, -0.2) is 4.68 Å². The smallest absolute Gasteiger partial charge is 0.198 e. The van der Waals surface area contributed by atoms with Gasteiger partial charge in [0, 0.05) is 18.8 Å². The van der Waals surface area contributed by atoms with Crippen molar-refractivity contribution in [2.45, 2.75) is 26.2 Å². The summed E-state index contributed by atoms with van der Waals surface area (Å²) in [4.78, 5) is 2.19. The van der Waals surface area contributed by atoms with Crippen LogP contribution in [0.25, 0.3) is 0 Å². The van der Waals surface area contributed by atoms with Gasteiger partial charge in [-0.2, -0.15) is 16.9 Å². The van der Waals surface area contributed by atoms with Crippen LogP contribution < -0.4 is 0 Å². The first-order valence-electron chi connectivity index (χ1n) is 5.44. The molecule has 0 aliphatic carbocycles. The molecule has 0 aliphatic rings. The molecule has 0 aliphatic heterocycles. The average molecular weight is 276 g/mol. The number of aromatic nitrogens is 3. The Bertz CT molecular complexity index is 415. The van der Waals surface area contributed by atoms with E-state index in [0.29, 0.717) is 23.3 Å². The lowest BCUT2D eigenvalue weighted by Crippen LogP contribution is -2.33. The van der Waals surface area contributed by atoms with E-state index in [-0.39, 0.29) is 6.61 Å². The fourth-order valence-electron chi connectivity index (χ4n) is 1.48. The third-order valence-corrected chi connectivity index (χ3v) is 4.09. The Hall–Kier alpha value is -0.370. The number of hydrogen-bond acceptors (Lipinski definition) is 5. The maximum atomic E-state index is 9.12. The zero-order chi connectivity index (χ0) is 13.0. The van der Waals surface area contributed by atoms with Crippen LogP contribution in [0.4, 0.5) is 0 Å². The molecule has 1 heterocycles. The minimum absolute atomic E-state index is 0.0861. The summed E-state index contributed by atoms with van der Waals surface area (Å²) in [5, 5.41) is 13.4. The van der Waals surface area contributed by atoms with Crippen molar-refractivity contribution in [3.05, 3.63) is 10.6 Å². The van der Waals surface area contributed by atoms with Gasteiger partial charge in [0.1, 0.15) is 6.61 Å². The third-order valence-electron chi connectivity index (χ3n) is 2.79. The first-order valence-corrected chi connectivity index (χ1v) is 7.24. The molecular weight excluding hydrogens is 256 g/mol. The van der Waals surface area contributed by atoms with Crippen LogP contribution in [0.2, 0.25) is 0 Å². The van der Waals surface area contributed by atoms with E-state index >= 15 is 0 Å². The summed E-state index contributed by atoms with van der Waals surface area (Å²) in [5.41, 5.74) is 0. The summed E-state index contributed by atoms with van der Waals surface area (Å²) in [5.74, 6) is 1.67. The van der Waals surface area contributed by atoms with Crippen LogP contribution >= 0.6 is 24.0 Å². The van der Waals surface area contributed by atoms with E-state index in [4.69, 9.17) is 17.3 Å². The molecular formula is C10H20N4OS2. The number of aliphatic hydroxyl groups is 1. The summed E-state index contributed by atoms with van der Waals surface area (Å²) in [6.07, 6.45) is 2.10. The second kappa shape index (κ2) is 6.53. The van der Waals surface area contributed by atoms with Gasteiger partial charge < -0.3 is 9.67 Å². The fourth-order valence-corrected chi connectivity index (χ4v) is 2.42. The molecule has 98 valence electrons. The molecule has 5 nitrogen and oxygen atoms in total. The molecule has 1 unspecified atom stereocenters. The SMILES string of the molecule is CSCC(C)N(C)Cn1nc(CO)n(C)c1=S. The first kappa shape index (κ1) is 14.7. The van der Waals surface area contributed by atoms with Gasteiger partial charge in [0.15, 0.2) is 10.6 Å². The Morgan fingerprint density at radius 2 is 2.24 bits per heavy atom. The van der Waals surface area contributed by atoms with Crippen LogP contribution in [0.3, 0.4) is 0 Å². The predicted molar refractivity (Wildman–Crippen MR) is 73.6 cm³/mol. The van der Waals surface area contributed by atoms with E-state index in [1.165, 1.54) is 0 Å². The molecule has 17 heavy (non-hydrogen) atoms. The number of hydrogen-bond donors (Lipinski definition) is 1. The van der Waals surface area contributed by atoms with Crippen molar-refractivity contribution in [2.24, 2.45) is 7.05 Å². The molecule has 0 spiro atoms. The van der Waals surface area contributed by atoms with E-state index in [1.807, 2.05) is 18.8 Å². The van der Waals surface area contributed by atoms with Crippen LogP contribution in [-0.2, 0) is 20.3 Å². The molecule has 1 aromatic rings. The zero-order valence-corrected chi connectivity index (χ0v) is 12.4. The second-order valence-corrected chi connectivity index (χ2v) is 5.39. The highest BCUT2D eigenvalue weighted by Crippen LogP contribution is 2.06. The maximum absolute atomic E-state index is 9.12. The maximum Gasteiger partial charge on any atom is 0.198 e. The van der Waals surface area contributed by atoms with Crippen LogP contribution in [-0.4, -0.2) is 49.5 Å². The van der Waals surface area contributed by atoms with Gasteiger partial charge in [-0.15, -0.1) is 0 Å². The predicted octanol–water partition coefficient (Wildman–Crippen LogP) is 1.08. The Morgan fingerprint density at radius 1 is 1.59 bits per heavy atom. The van der Waals surface area contributed by atoms with E-state index < -0.39 is 0 Å². The van der Waals surface area contributed by atoms with Crippen molar-refractivity contribution in [1.82, 2.24) is 19.2 Å². The van der Waals surface area contributed by atoms with Gasteiger partial charge in [0.2, 0.25) is 0 Å². The molecule has 0 saturated heterocycles. The lowest BCUT2D eigenvalue weighted by atomic mass is 10.4. The van der Waals surface area contributed by atoms with Gasteiger partial charge in [-0.05, 0) is 32.4 Å². The molecule has 0 aromatic carbocycles. The molecule has 0 saturated carbocycles. The molecule has 1 aromatic heterocycles. The van der Waals surface area contributed by atoms with Gasteiger partial charge in [-0.3, -0.25) is 4.90 Å². The Kier molecular flexibility index (Phi) is 5.64. The number of aliphatic hydroxyl groups excluding tert-OH is 1. The van der Waals surface area contributed by atoms with Crippen molar-refractivity contribution in [3.8, 4) is 0 Å². The highest BCUT2D eigenvalue weighted by molar-refractivity contribution is 7.98. The second-order valence-electron chi connectivity index (χ2n) is 4.12. The highest BCUT2D eigenvalue weighted by Gasteiger charge is 2.12. The van der Waals surface area contributed by atoms with Gasteiger partial charge in [0.05, 0.1) is 6.67 Å². The molecule has 7 heteroatoms. The molecule has 1 N–H and O–H groups in total. The average Bonchev–Trinajstić information content (AvgIpc) is 2.57. The summed E-state index contributed by atoms with van der Waals surface area (Å²) in [6.45, 7) is 2.74. The molecule has 0 amide bonds. The van der Waals surface area contributed by atoms with Crippen molar-refractivity contribution < 1.29 is 5.11 Å². The molecule has 1 rings (SSSR count). The number of rotatable bonds is 6. The largest absolute Gasteiger partial charge is 0.388 e. The minimum atomic E-state index is -0.0861. The van der Waals surface area contributed by atoms with E-state index in [0.717, 1.165) is 5.75 Å². The fraction of sp³-hybridized carbons (Fsp3) is 0.800. The van der Waals surface area contributed by atoms with Gasteiger partial charge in [-0.1, -0.05) is 0 Å². The Balaban J connectivity index is 2.78. The molecule has 0 fully saturated rings. The monoisotopic (exact) mass is 276 g/mol. The van der Waals surface area contributed by atoms with E-state index in [9.17, 15) is 0 Å². The Morgan fingerprint density at radius 3 is 2.71 bits per heavy atom. The standard InChI is InChI=1S/C10H20N4OS2/c1-8(6-17-4)12(2)7-14-10(16)13(3)9(5-15)11-14/h8,15H,5-7H2,1-4H3. The lowest BCUT2D eigenvalue weighted by Gasteiger charge is -2.23. The van der Waals surface area contributed by atoms with Gasteiger partial charge in [0.25, 0.3) is 0 Å². The normalized spacial score (nSPS) is 13.3. The summed E-state index contributed by atoms with van der Waals surface area (Å²) in [6, 6.07) is 0.464. The van der Waals surface area contributed by atoms with E-state index in [1.54, 1.807) is 9.25 Å². The van der Waals surface area contributed by atoms with Crippen LogP contribution in [0.1, 0.15) is 12.7 Å². The highest BCUT2D eigenvalue weighted by atomic mass is 32.2. The van der Waals surface area contributed by atoms with Crippen LogP contribution in [0.15, 0.2) is 0 Å². The topological polar surface area (TPSA) is 46.2 Å². The Labute approximate surface area is 111 Å². The molecule has 0 bridgehead atoms. The minimum Gasteiger partial charge on any atom is -0.388 e. The van der Waals surface area contributed by atoms with Crippen LogP contribution in [0.5, 0.6) is 0 Å². The van der Waals surface area contributed by atoms with E-state index in [2.05, 4.69) is 30.2 Å². The lowest BCUT2D eigenvalue weighted by molar-refractivity contribution is 0.206. The molecule has 1 atom stereocenters. The van der Waals surface area contributed by atoms with Crippen LogP contribution in [0, 0.1) is 4.77 Å². The van der Waals surface area contributed by atoms with Crippen molar-refractivity contribution in [2.75, 3.05) is 19.1 Å². The summed E-state index contributed by atoms with van der Waals surface area (Å²) >= 11 is 7.09. The number of nitrogens with zero attached hydrogens (tertiary/aromatic N) is 4. The van der Waals surface area contributed by atoms with Crippen molar-refractivity contribution in [3.63, 3.8) is 0 Å².